The van der Waals surface area contributed by atoms with Gasteiger partial charge in [-0.25, -0.2) is 0 Å². The zero-order valence-corrected chi connectivity index (χ0v) is 13.0. The van der Waals surface area contributed by atoms with Crippen molar-refractivity contribution in [2.75, 3.05) is 18.1 Å². The van der Waals surface area contributed by atoms with Gasteiger partial charge in [0.1, 0.15) is 10.8 Å². The molecule has 0 saturated heterocycles. The maximum atomic E-state index is 4.23. The Morgan fingerprint density at radius 1 is 1.24 bits per heavy atom. The Hall–Kier alpha value is -1.55. The van der Waals surface area contributed by atoms with Crippen molar-refractivity contribution in [2.24, 2.45) is 5.92 Å². The highest BCUT2D eigenvalue weighted by Gasteiger charge is 2.57. The monoisotopic (exact) mass is 297 g/mol. The van der Waals surface area contributed by atoms with Gasteiger partial charge in [0.15, 0.2) is 0 Å². The van der Waals surface area contributed by atoms with Crippen molar-refractivity contribution >= 4 is 17.6 Å². The summed E-state index contributed by atoms with van der Waals surface area (Å²) in [6.07, 6.45) is 5.89. The van der Waals surface area contributed by atoms with E-state index in [0.717, 1.165) is 23.3 Å². The summed E-state index contributed by atoms with van der Waals surface area (Å²) in [7, 11) is 0. The van der Waals surface area contributed by atoms with Crippen LogP contribution in [-0.4, -0.2) is 23.0 Å². The average Bonchev–Trinajstić information content (AvgIpc) is 3.13. The van der Waals surface area contributed by atoms with E-state index in [-0.39, 0.29) is 0 Å². The van der Waals surface area contributed by atoms with Gasteiger partial charge >= 0.3 is 0 Å². The number of benzene rings is 1. The zero-order valence-electron chi connectivity index (χ0n) is 12.2. The topological polar surface area (TPSA) is 37.8 Å². The molecule has 0 radical (unpaired) electrons. The van der Waals surface area contributed by atoms with Gasteiger partial charge < -0.3 is 5.32 Å². The number of thioether (sulfide) groups is 1. The van der Waals surface area contributed by atoms with Crippen LogP contribution in [0.15, 0.2) is 41.4 Å². The third-order valence-corrected chi connectivity index (χ3v) is 5.64. The van der Waals surface area contributed by atoms with Gasteiger partial charge in [0.2, 0.25) is 0 Å². The Labute approximate surface area is 129 Å². The molecule has 4 heteroatoms. The summed E-state index contributed by atoms with van der Waals surface area (Å²) < 4.78 is 0. The number of nitrogens with one attached hydrogen (secondary N) is 1. The number of anilines is 1. The van der Waals surface area contributed by atoms with Crippen molar-refractivity contribution in [2.45, 2.75) is 29.7 Å². The van der Waals surface area contributed by atoms with Crippen LogP contribution < -0.4 is 5.32 Å². The van der Waals surface area contributed by atoms with Crippen LogP contribution in [-0.2, 0) is 11.8 Å². The number of fused-ring (bicyclic) bond motifs is 2. The molecule has 1 fully saturated rings. The summed E-state index contributed by atoms with van der Waals surface area (Å²) in [5.74, 6) is 1.63. The van der Waals surface area contributed by atoms with E-state index >= 15 is 0 Å². The van der Waals surface area contributed by atoms with E-state index in [4.69, 9.17) is 0 Å². The molecule has 4 rings (SSSR count). The molecule has 0 aliphatic heterocycles. The largest absolute Gasteiger partial charge is 0.368 e. The lowest BCUT2D eigenvalue weighted by atomic mass is 9.95. The third-order valence-electron chi connectivity index (χ3n) is 5.01. The summed E-state index contributed by atoms with van der Waals surface area (Å²) in [4.78, 5) is 0. The Balaban J connectivity index is 1.42. The number of rotatable bonds is 4. The molecular formula is C17H19N3S. The Kier molecular flexibility index (Phi) is 3.14. The summed E-state index contributed by atoms with van der Waals surface area (Å²) in [6.45, 7) is 1.00. The average molecular weight is 297 g/mol. The smallest absolute Gasteiger partial charge is 0.148 e. The molecule has 21 heavy (non-hydrogen) atoms. The Morgan fingerprint density at radius 3 is 2.95 bits per heavy atom. The van der Waals surface area contributed by atoms with E-state index in [1.54, 1.807) is 22.9 Å². The van der Waals surface area contributed by atoms with Gasteiger partial charge in [0.25, 0.3) is 0 Å². The molecule has 2 atom stereocenters. The van der Waals surface area contributed by atoms with E-state index < -0.39 is 0 Å². The van der Waals surface area contributed by atoms with E-state index in [1.165, 1.54) is 19.3 Å². The normalized spacial score (nSPS) is 25.9. The van der Waals surface area contributed by atoms with Gasteiger partial charge in [-0.3, -0.25) is 0 Å². The molecule has 0 unspecified atom stereocenters. The van der Waals surface area contributed by atoms with Gasteiger partial charge in [-0.1, -0.05) is 24.3 Å². The first-order chi connectivity index (χ1) is 10.3. The Bertz CT molecular complexity index is 655. The van der Waals surface area contributed by atoms with E-state index in [1.807, 2.05) is 18.4 Å². The maximum Gasteiger partial charge on any atom is 0.148 e. The predicted molar refractivity (Wildman–Crippen MR) is 86.9 cm³/mol. The second kappa shape index (κ2) is 5.02. The van der Waals surface area contributed by atoms with Crippen molar-refractivity contribution in [3.05, 3.63) is 47.5 Å². The highest BCUT2D eigenvalue weighted by atomic mass is 32.2. The van der Waals surface area contributed by atoms with Crippen LogP contribution in [0.3, 0.4) is 0 Å². The first kappa shape index (κ1) is 13.1. The summed E-state index contributed by atoms with van der Waals surface area (Å²) in [5, 5.41) is 12.8. The second-order valence-corrected chi connectivity index (χ2v) is 6.88. The fourth-order valence-corrected chi connectivity index (χ4v) is 4.08. The molecule has 1 heterocycles. The number of aryl methyl sites for hydroxylation is 1. The lowest BCUT2D eigenvalue weighted by Gasteiger charge is -2.12. The zero-order chi connectivity index (χ0) is 14.3. The standard InChI is InChI=1S/C17H19N3S/c1-21-16-7-6-15(19-20-16)18-11-13-10-17(13)9-8-12-4-2-3-5-14(12)17/h2-7,13H,8-11H2,1H3,(H,18,19)/t13-,17-/m0/s1. The van der Waals surface area contributed by atoms with Crippen LogP contribution >= 0.6 is 11.8 Å². The SMILES string of the molecule is CSc1ccc(NC[C@@H]2C[C@@]23CCc2ccccc23)nn1. The van der Waals surface area contributed by atoms with Gasteiger partial charge in [-0.15, -0.1) is 22.0 Å². The van der Waals surface area contributed by atoms with Crippen molar-refractivity contribution in [1.29, 1.82) is 0 Å². The minimum atomic E-state index is 0.455. The fourth-order valence-electron chi connectivity index (χ4n) is 3.75. The molecule has 1 N–H and O–H groups in total. The number of hydrogen-bond donors (Lipinski definition) is 1. The molecule has 2 aliphatic rings. The maximum absolute atomic E-state index is 4.23. The van der Waals surface area contributed by atoms with Gasteiger partial charge in [0, 0.05) is 12.0 Å². The van der Waals surface area contributed by atoms with Crippen molar-refractivity contribution in [1.82, 2.24) is 10.2 Å². The van der Waals surface area contributed by atoms with Gasteiger partial charge in [-0.05, 0) is 54.7 Å². The molecule has 1 aromatic heterocycles. The quantitative estimate of drug-likeness (QED) is 0.876. The third kappa shape index (κ3) is 2.22. The van der Waals surface area contributed by atoms with Gasteiger partial charge in [-0.2, -0.15) is 0 Å². The number of aromatic nitrogens is 2. The number of hydrogen-bond acceptors (Lipinski definition) is 4. The van der Waals surface area contributed by atoms with Crippen molar-refractivity contribution in [3.63, 3.8) is 0 Å². The fraction of sp³-hybridized carbons (Fsp3) is 0.412. The molecule has 1 aromatic carbocycles. The first-order valence-corrected chi connectivity index (χ1v) is 8.74. The summed E-state index contributed by atoms with van der Waals surface area (Å²) in [5.41, 5.74) is 3.61. The highest BCUT2D eigenvalue weighted by molar-refractivity contribution is 7.98. The van der Waals surface area contributed by atoms with Crippen LogP contribution in [0.5, 0.6) is 0 Å². The number of nitrogens with zero attached hydrogens (tertiary/aromatic N) is 2. The molecule has 108 valence electrons. The molecule has 2 aliphatic carbocycles. The highest BCUT2D eigenvalue weighted by Crippen LogP contribution is 2.61. The molecule has 3 nitrogen and oxygen atoms in total. The first-order valence-electron chi connectivity index (χ1n) is 7.52. The summed E-state index contributed by atoms with van der Waals surface area (Å²) in [6, 6.07) is 13.0. The molecule has 2 aromatic rings. The van der Waals surface area contributed by atoms with Crippen LogP contribution in [0.25, 0.3) is 0 Å². The minimum Gasteiger partial charge on any atom is -0.368 e. The lowest BCUT2D eigenvalue weighted by molar-refractivity contribution is 0.609. The summed E-state index contributed by atoms with van der Waals surface area (Å²) >= 11 is 1.62. The second-order valence-electron chi connectivity index (χ2n) is 6.06. The van der Waals surface area contributed by atoms with Crippen molar-refractivity contribution in [3.8, 4) is 0 Å². The molecule has 1 saturated carbocycles. The van der Waals surface area contributed by atoms with E-state index in [9.17, 15) is 0 Å². The van der Waals surface area contributed by atoms with E-state index in [2.05, 4.69) is 39.8 Å². The molecule has 0 bridgehead atoms. The van der Waals surface area contributed by atoms with Crippen LogP contribution in [0.2, 0.25) is 0 Å². The van der Waals surface area contributed by atoms with E-state index in [0.29, 0.717) is 5.41 Å². The Morgan fingerprint density at radius 2 is 2.14 bits per heavy atom. The van der Waals surface area contributed by atoms with Crippen LogP contribution in [0, 0.1) is 5.92 Å². The molecule has 0 amide bonds. The predicted octanol–water partition coefficient (Wildman–Crippen LogP) is 3.51. The van der Waals surface area contributed by atoms with Crippen molar-refractivity contribution < 1.29 is 0 Å². The van der Waals surface area contributed by atoms with Gasteiger partial charge in [0.05, 0.1) is 0 Å². The molecule has 1 spiro atoms. The lowest BCUT2D eigenvalue weighted by Crippen LogP contribution is -2.13. The van der Waals surface area contributed by atoms with Crippen LogP contribution in [0.4, 0.5) is 5.82 Å². The minimum absolute atomic E-state index is 0.455. The van der Waals surface area contributed by atoms with Crippen LogP contribution in [0.1, 0.15) is 24.0 Å². The molecular weight excluding hydrogens is 278 g/mol.